The van der Waals surface area contributed by atoms with Crippen molar-refractivity contribution in [2.45, 2.75) is 64.7 Å². The summed E-state index contributed by atoms with van der Waals surface area (Å²) >= 11 is 0. The molecule has 0 spiro atoms. The van der Waals surface area contributed by atoms with Crippen LogP contribution < -0.4 is 10.6 Å². The number of rotatable bonds is 14. The van der Waals surface area contributed by atoms with Crippen LogP contribution in [0.5, 0.6) is 0 Å². The van der Waals surface area contributed by atoms with Gasteiger partial charge in [0.05, 0.1) is 50.6 Å². The molecule has 0 bridgehead atoms. The molecular formula is C47H52N8O6. The first kappa shape index (κ1) is 42.2. The van der Waals surface area contributed by atoms with Crippen molar-refractivity contribution in [1.82, 2.24) is 40.4 Å². The second-order valence-corrected chi connectivity index (χ2v) is 15.6. The third-order valence-electron chi connectivity index (χ3n) is 11.1. The Labute approximate surface area is 355 Å². The second-order valence-electron chi connectivity index (χ2n) is 15.6. The molecule has 2 aromatic heterocycles. The molecule has 0 aliphatic carbocycles. The van der Waals surface area contributed by atoms with Crippen molar-refractivity contribution in [2.24, 2.45) is 5.92 Å². The topological polar surface area (TPSA) is 175 Å². The maximum absolute atomic E-state index is 13.9. The smallest absolute Gasteiger partial charge is 0.407 e. The van der Waals surface area contributed by atoms with Crippen LogP contribution in [-0.2, 0) is 25.6 Å². The van der Waals surface area contributed by atoms with Crippen molar-refractivity contribution in [3.8, 4) is 33.6 Å². The maximum Gasteiger partial charge on any atom is 0.407 e. The predicted molar refractivity (Wildman–Crippen MR) is 233 cm³/mol. The van der Waals surface area contributed by atoms with Gasteiger partial charge in [-0.05, 0) is 70.3 Å². The van der Waals surface area contributed by atoms with Crippen molar-refractivity contribution in [1.29, 1.82) is 0 Å². The molecule has 1 fully saturated rings. The van der Waals surface area contributed by atoms with Crippen LogP contribution in [0, 0.1) is 5.92 Å². The number of hydrogen-bond donors (Lipinski definition) is 4. The maximum atomic E-state index is 13.9. The van der Waals surface area contributed by atoms with E-state index in [2.05, 4.69) is 86.2 Å². The summed E-state index contributed by atoms with van der Waals surface area (Å²) in [6.07, 6.45) is 4.60. The van der Waals surface area contributed by atoms with Crippen molar-refractivity contribution >= 4 is 34.8 Å². The first-order chi connectivity index (χ1) is 29.6. The number of nitrogens with zero attached hydrogens (tertiary/aromatic N) is 4. The van der Waals surface area contributed by atoms with Gasteiger partial charge in [-0.3, -0.25) is 9.59 Å². The molecule has 3 atom stereocenters. The third kappa shape index (κ3) is 9.59. The highest BCUT2D eigenvalue weighted by molar-refractivity contribution is 5.91. The van der Waals surface area contributed by atoms with E-state index in [1.54, 1.807) is 16.0 Å². The standard InChI is InChI=1S/C47H52N8O6/c1-6-22-54(44(56)41(29(2)3)52-46(58)60-4)28-40-48-26-37(50-40)31-16-14-30(15-17-31)33-18-19-35-25-36(21-20-34(35)24-33)38-27-49-43(51-38)39-13-10-23-55(39)45(57)42(53-47(59)61-5)32-11-8-7-9-12-32/h7-9,11-12,14-21,24-27,29,39,41-42H,6,10,13,22-23,28H2,1-5H3,(H,48,50)(H,49,51)(H,52,58)(H,53,59)/t39-,41-,42?/m0/s1. The lowest BCUT2D eigenvalue weighted by Crippen LogP contribution is -2.51. The normalized spacial score (nSPS) is 14.7. The fourth-order valence-electron chi connectivity index (χ4n) is 7.88. The number of ether oxygens (including phenoxy) is 2. The summed E-state index contributed by atoms with van der Waals surface area (Å²) in [5.41, 5.74) is 6.46. The third-order valence-corrected chi connectivity index (χ3v) is 11.1. The van der Waals surface area contributed by atoms with Gasteiger partial charge in [0.1, 0.15) is 23.7 Å². The van der Waals surface area contributed by atoms with Crippen LogP contribution in [0.25, 0.3) is 44.4 Å². The number of benzene rings is 4. The molecule has 1 unspecified atom stereocenters. The van der Waals surface area contributed by atoms with Gasteiger partial charge in [-0.1, -0.05) is 99.6 Å². The number of fused-ring (bicyclic) bond motifs is 1. The predicted octanol–water partition coefficient (Wildman–Crippen LogP) is 8.17. The van der Waals surface area contributed by atoms with Crippen LogP contribution in [0.1, 0.15) is 69.3 Å². The van der Waals surface area contributed by atoms with Crippen LogP contribution in [0.2, 0.25) is 0 Å². The highest BCUT2D eigenvalue weighted by Gasteiger charge is 2.37. The zero-order chi connectivity index (χ0) is 43.0. The molecule has 1 saturated heterocycles. The summed E-state index contributed by atoms with van der Waals surface area (Å²) in [5, 5.41) is 7.56. The van der Waals surface area contributed by atoms with Gasteiger partial charge >= 0.3 is 12.2 Å². The lowest BCUT2D eigenvalue weighted by molar-refractivity contribution is -0.135. The van der Waals surface area contributed by atoms with Crippen LogP contribution in [0.15, 0.2) is 103 Å². The molecule has 7 rings (SSSR count). The Hall–Kier alpha value is -6.96. The van der Waals surface area contributed by atoms with Crippen molar-refractivity contribution in [2.75, 3.05) is 27.3 Å². The zero-order valence-corrected chi connectivity index (χ0v) is 35.1. The fraction of sp³-hybridized carbons (Fsp3) is 0.319. The Balaban J connectivity index is 1.02. The number of imidazole rings is 2. The molecule has 14 heteroatoms. The number of H-pyrrole nitrogens is 2. The number of aromatic nitrogens is 4. The van der Waals surface area contributed by atoms with Gasteiger partial charge in [-0.15, -0.1) is 0 Å². The van der Waals surface area contributed by atoms with E-state index in [0.29, 0.717) is 30.3 Å². The molecule has 1 aliphatic heterocycles. The van der Waals surface area contributed by atoms with Gasteiger partial charge in [-0.2, -0.15) is 0 Å². The van der Waals surface area contributed by atoms with Gasteiger partial charge in [-0.25, -0.2) is 19.6 Å². The van der Waals surface area contributed by atoms with Crippen molar-refractivity contribution < 1.29 is 28.7 Å². The Morgan fingerprint density at radius 3 is 2.10 bits per heavy atom. The number of likely N-dealkylation sites (tertiary alicyclic amines) is 1. The average molecular weight is 825 g/mol. The SMILES string of the molecule is CCCN(Cc1ncc(-c2ccc(-c3ccc4cc(-c5cnc([C@@H]6CCCN6C(=O)C(NC(=O)OC)c6ccccc6)[nH]5)ccc4c3)cc2)[nH]1)C(=O)[C@@H](NC(=O)OC)C(C)C. The molecule has 6 aromatic rings. The summed E-state index contributed by atoms with van der Waals surface area (Å²) < 4.78 is 9.59. The molecule has 4 N–H and O–H groups in total. The fourth-order valence-corrected chi connectivity index (χ4v) is 7.88. The highest BCUT2D eigenvalue weighted by atomic mass is 16.5. The van der Waals surface area contributed by atoms with Crippen LogP contribution in [0.4, 0.5) is 9.59 Å². The van der Waals surface area contributed by atoms with Gasteiger partial charge in [0.2, 0.25) is 5.91 Å². The first-order valence-corrected chi connectivity index (χ1v) is 20.6. The number of carbonyl (C=O) groups excluding carboxylic acids is 4. The zero-order valence-electron chi connectivity index (χ0n) is 35.1. The number of aromatic amines is 2. The Morgan fingerprint density at radius 2 is 1.41 bits per heavy atom. The van der Waals surface area contributed by atoms with E-state index in [1.165, 1.54) is 14.2 Å². The summed E-state index contributed by atoms with van der Waals surface area (Å²) in [4.78, 5) is 71.3. The van der Waals surface area contributed by atoms with Crippen molar-refractivity contribution in [3.63, 3.8) is 0 Å². The Kier molecular flexibility index (Phi) is 13.1. The summed E-state index contributed by atoms with van der Waals surface area (Å²) in [6.45, 7) is 7.14. The number of hydrogen-bond acceptors (Lipinski definition) is 8. The molecule has 4 amide bonds. The largest absolute Gasteiger partial charge is 0.453 e. The monoisotopic (exact) mass is 824 g/mol. The molecule has 316 valence electrons. The van der Waals surface area contributed by atoms with E-state index >= 15 is 0 Å². The van der Waals surface area contributed by atoms with E-state index in [1.807, 2.05) is 57.3 Å². The number of amides is 4. The van der Waals surface area contributed by atoms with Gasteiger partial charge in [0.25, 0.3) is 5.91 Å². The Bertz CT molecular complexity index is 2480. The van der Waals surface area contributed by atoms with E-state index < -0.39 is 24.3 Å². The van der Waals surface area contributed by atoms with Gasteiger partial charge in [0.15, 0.2) is 0 Å². The molecule has 3 heterocycles. The molecule has 4 aromatic carbocycles. The minimum atomic E-state index is -0.882. The number of methoxy groups -OCH3 is 2. The quantitative estimate of drug-likeness (QED) is 0.0851. The minimum Gasteiger partial charge on any atom is -0.453 e. The highest BCUT2D eigenvalue weighted by Crippen LogP contribution is 2.35. The van der Waals surface area contributed by atoms with Gasteiger partial charge in [0, 0.05) is 18.7 Å². The first-order valence-electron chi connectivity index (χ1n) is 20.6. The van der Waals surface area contributed by atoms with E-state index in [-0.39, 0.29) is 30.3 Å². The number of carbonyl (C=O) groups is 4. The number of alkyl carbamates (subject to hydrolysis) is 2. The summed E-state index contributed by atoms with van der Waals surface area (Å²) in [5.74, 6) is 0.838. The van der Waals surface area contributed by atoms with E-state index in [4.69, 9.17) is 14.5 Å². The van der Waals surface area contributed by atoms with Crippen molar-refractivity contribution in [3.05, 3.63) is 121 Å². The average Bonchev–Trinajstić information content (AvgIpc) is 4.09. The summed E-state index contributed by atoms with van der Waals surface area (Å²) in [6, 6.07) is 28.3. The molecular weight excluding hydrogens is 773 g/mol. The Morgan fingerprint density at radius 1 is 0.787 bits per heavy atom. The van der Waals surface area contributed by atoms with E-state index in [9.17, 15) is 19.2 Å². The van der Waals surface area contributed by atoms with Crippen LogP contribution >= 0.6 is 0 Å². The lowest BCUT2D eigenvalue weighted by Gasteiger charge is -2.28. The number of nitrogens with one attached hydrogen (secondary N) is 4. The molecule has 14 nitrogen and oxygen atoms in total. The molecule has 1 aliphatic rings. The van der Waals surface area contributed by atoms with E-state index in [0.717, 1.165) is 63.7 Å². The van der Waals surface area contributed by atoms with Crippen LogP contribution in [-0.4, -0.2) is 87.1 Å². The minimum absolute atomic E-state index is 0.123. The van der Waals surface area contributed by atoms with Gasteiger partial charge < -0.3 is 39.9 Å². The lowest BCUT2D eigenvalue weighted by atomic mass is 9.98. The van der Waals surface area contributed by atoms with Crippen LogP contribution in [0.3, 0.4) is 0 Å². The second kappa shape index (κ2) is 19.0. The molecule has 0 radical (unpaired) electrons. The molecule has 61 heavy (non-hydrogen) atoms. The molecule has 0 saturated carbocycles. The summed E-state index contributed by atoms with van der Waals surface area (Å²) in [7, 11) is 2.56.